The summed E-state index contributed by atoms with van der Waals surface area (Å²) in [4.78, 5) is 10.3. The second-order valence-corrected chi connectivity index (χ2v) is 1.23. The van der Waals surface area contributed by atoms with Crippen molar-refractivity contribution in [2.45, 2.75) is 0 Å². The first-order chi connectivity index (χ1) is 3.81. The minimum Gasteiger partial charge on any atom is -0.394 e. The zero-order valence-electron chi connectivity index (χ0n) is 4.85. The molecule has 0 radical (unpaired) electrons. The van der Waals surface area contributed by atoms with Gasteiger partial charge in [0.2, 0.25) is 0 Å². The van der Waals surface area contributed by atoms with Gasteiger partial charge in [0, 0.05) is 19.3 Å². The van der Waals surface area contributed by atoms with Crippen molar-refractivity contribution in [1.29, 1.82) is 0 Å². The molecule has 0 amide bonds. The number of hydrogen-bond donors (Lipinski definition) is 1. The third kappa shape index (κ3) is 3.15. The molecule has 0 heterocycles. The lowest BCUT2D eigenvalue weighted by Gasteiger charge is -1.80. The quantitative estimate of drug-likeness (QED) is 0.536. The van der Waals surface area contributed by atoms with Gasteiger partial charge in [-0.3, -0.25) is 4.79 Å². The van der Waals surface area contributed by atoms with Gasteiger partial charge in [-0.2, -0.15) is 0 Å². The summed E-state index contributed by atoms with van der Waals surface area (Å²) in [6.07, 6.45) is 4.23. The first-order valence-corrected chi connectivity index (χ1v) is 2.31. The summed E-state index contributed by atoms with van der Waals surface area (Å²) in [6.45, 7) is 3.28. The predicted octanol–water partition coefficient (Wildman–Crippen LogP) is 0.475. The van der Waals surface area contributed by atoms with E-state index in [1.54, 1.807) is 13.2 Å². The normalized spacial score (nSPS) is 9.12. The van der Waals surface area contributed by atoms with Crippen molar-refractivity contribution in [2.24, 2.45) is 0 Å². The van der Waals surface area contributed by atoms with Gasteiger partial charge in [-0.05, 0) is 6.08 Å². The maximum Gasteiger partial charge on any atom is 0.179 e. The maximum absolute atomic E-state index is 10.3. The van der Waals surface area contributed by atoms with Crippen LogP contribution in [0.3, 0.4) is 0 Å². The Morgan fingerprint density at radius 3 is 2.75 bits per heavy atom. The Balaban J connectivity index is 3.52. The standard InChI is InChI=1S/C6H9NO/c1-3-6(8)4-5-7-2/h3-5,7H,1H2,2H3/b5-4-. The van der Waals surface area contributed by atoms with Gasteiger partial charge in [-0.25, -0.2) is 0 Å². The molecule has 0 atom stereocenters. The minimum atomic E-state index is -0.0839. The lowest BCUT2D eigenvalue weighted by Crippen LogP contribution is -1.94. The monoisotopic (exact) mass is 111 g/mol. The van der Waals surface area contributed by atoms with E-state index in [1.165, 1.54) is 12.2 Å². The highest BCUT2D eigenvalue weighted by Gasteiger charge is 1.80. The topological polar surface area (TPSA) is 29.1 Å². The van der Waals surface area contributed by atoms with Crippen LogP contribution < -0.4 is 5.32 Å². The molecule has 0 aromatic heterocycles. The average Bonchev–Trinajstić information content (AvgIpc) is 1.83. The SMILES string of the molecule is C=CC(=O)/C=C\NC. The number of allylic oxidation sites excluding steroid dienone is 2. The van der Waals surface area contributed by atoms with Crippen LogP contribution in [0.25, 0.3) is 0 Å². The highest BCUT2D eigenvalue weighted by atomic mass is 16.1. The van der Waals surface area contributed by atoms with Crippen molar-refractivity contribution in [2.75, 3.05) is 7.05 Å². The lowest BCUT2D eigenvalue weighted by molar-refractivity contribution is -0.110. The van der Waals surface area contributed by atoms with Crippen LogP contribution in [0.4, 0.5) is 0 Å². The van der Waals surface area contributed by atoms with Gasteiger partial charge in [0.1, 0.15) is 0 Å². The maximum atomic E-state index is 10.3. The molecule has 0 aliphatic heterocycles. The Hall–Kier alpha value is -1.05. The fourth-order valence-electron chi connectivity index (χ4n) is 0.234. The largest absolute Gasteiger partial charge is 0.394 e. The Kier molecular flexibility index (Phi) is 3.58. The van der Waals surface area contributed by atoms with Gasteiger partial charge < -0.3 is 5.32 Å². The van der Waals surface area contributed by atoms with Gasteiger partial charge in [-0.15, -0.1) is 0 Å². The average molecular weight is 111 g/mol. The van der Waals surface area contributed by atoms with Crippen molar-refractivity contribution >= 4 is 5.78 Å². The van der Waals surface area contributed by atoms with Gasteiger partial charge in [0.25, 0.3) is 0 Å². The molecule has 0 aromatic carbocycles. The number of rotatable bonds is 3. The molecule has 8 heavy (non-hydrogen) atoms. The van der Waals surface area contributed by atoms with Crippen LogP contribution in [-0.4, -0.2) is 12.8 Å². The molecular weight excluding hydrogens is 102 g/mol. The molecule has 0 bridgehead atoms. The van der Waals surface area contributed by atoms with Crippen molar-refractivity contribution < 1.29 is 4.79 Å². The molecule has 0 rings (SSSR count). The summed E-state index contributed by atoms with van der Waals surface area (Å²) < 4.78 is 0. The Bertz CT molecular complexity index is 116. The Morgan fingerprint density at radius 1 is 1.75 bits per heavy atom. The highest BCUT2D eigenvalue weighted by molar-refractivity contribution is 5.98. The molecule has 0 aromatic rings. The molecule has 0 saturated carbocycles. The van der Waals surface area contributed by atoms with Gasteiger partial charge >= 0.3 is 0 Å². The lowest BCUT2D eigenvalue weighted by atomic mass is 10.4. The number of carbonyl (C=O) groups is 1. The first kappa shape index (κ1) is 6.95. The molecular formula is C6H9NO. The first-order valence-electron chi connectivity index (χ1n) is 2.31. The molecule has 0 aliphatic rings. The minimum absolute atomic E-state index is 0.0839. The van der Waals surface area contributed by atoms with Crippen molar-refractivity contribution in [1.82, 2.24) is 5.32 Å². The Labute approximate surface area is 48.9 Å². The molecule has 2 nitrogen and oxygen atoms in total. The zero-order valence-corrected chi connectivity index (χ0v) is 4.85. The second kappa shape index (κ2) is 4.12. The smallest absolute Gasteiger partial charge is 0.179 e. The van der Waals surface area contributed by atoms with Gasteiger partial charge in [-0.1, -0.05) is 6.58 Å². The number of carbonyl (C=O) groups excluding carboxylic acids is 1. The molecule has 0 fully saturated rings. The third-order valence-electron chi connectivity index (χ3n) is 0.615. The van der Waals surface area contributed by atoms with E-state index >= 15 is 0 Å². The predicted molar refractivity (Wildman–Crippen MR) is 33.4 cm³/mol. The van der Waals surface area contributed by atoms with E-state index in [1.807, 2.05) is 0 Å². The summed E-state index contributed by atoms with van der Waals surface area (Å²) in [7, 11) is 1.73. The molecule has 0 spiro atoms. The van der Waals surface area contributed by atoms with Crippen LogP contribution in [0, 0.1) is 0 Å². The number of ketones is 1. The fraction of sp³-hybridized carbons (Fsp3) is 0.167. The number of hydrogen-bond acceptors (Lipinski definition) is 2. The molecule has 2 heteroatoms. The number of nitrogens with one attached hydrogen (secondary N) is 1. The van der Waals surface area contributed by atoms with Crippen LogP contribution in [0.5, 0.6) is 0 Å². The van der Waals surface area contributed by atoms with Crippen molar-refractivity contribution in [3.8, 4) is 0 Å². The molecule has 1 N–H and O–H groups in total. The molecule has 0 saturated heterocycles. The van der Waals surface area contributed by atoms with Gasteiger partial charge in [0.15, 0.2) is 5.78 Å². The summed E-state index contributed by atoms with van der Waals surface area (Å²) >= 11 is 0. The fourth-order valence-corrected chi connectivity index (χ4v) is 0.234. The summed E-state index contributed by atoms with van der Waals surface area (Å²) in [5, 5.41) is 2.68. The van der Waals surface area contributed by atoms with E-state index in [0.29, 0.717) is 0 Å². The van der Waals surface area contributed by atoms with Crippen LogP contribution in [0.15, 0.2) is 24.9 Å². The van der Waals surface area contributed by atoms with E-state index in [4.69, 9.17) is 0 Å². The van der Waals surface area contributed by atoms with Crippen LogP contribution in [0.1, 0.15) is 0 Å². The summed E-state index contributed by atoms with van der Waals surface area (Å²) in [6, 6.07) is 0. The van der Waals surface area contributed by atoms with Crippen LogP contribution in [-0.2, 0) is 4.79 Å². The van der Waals surface area contributed by atoms with E-state index < -0.39 is 0 Å². The zero-order chi connectivity index (χ0) is 6.41. The highest BCUT2D eigenvalue weighted by Crippen LogP contribution is 1.72. The van der Waals surface area contributed by atoms with E-state index in [2.05, 4.69) is 11.9 Å². The molecule has 44 valence electrons. The van der Waals surface area contributed by atoms with E-state index in [9.17, 15) is 4.79 Å². The second-order valence-electron chi connectivity index (χ2n) is 1.23. The van der Waals surface area contributed by atoms with Crippen molar-refractivity contribution in [3.05, 3.63) is 24.9 Å². The van der Waals surface area contributed by atoms with E-state index in [0.717, 1.165) is 0 Å². The Morgan fingerprint density at radius 2 is 2.38 bits per heavy atom. The summed E-state index contributed by atoms with van der Waals surface area (Å²) in [5.41, 5.74) is 0. The van der Waals surface area contributed by atoms with E-state index in [-0.39, 0.29) is 5.78 Å². The van der Waals surface area contributed by atoms with Gasteiger partial charge in [0.05, 0.1) is 0 Å². The summed E-state index contributed by atoms with van der Waals surface area (Å²) in [5.74, 6) is -0.0839. The van der Waals surface area contributed by atoms with Crippen LogP contribution in [0.2, 0.25) is 0 Å². The van der Waals surface area contributed by atoms with Crippen molar-refractivity contribution in [3.63, 3.8) is 0 Å². The molecule has 0 aliphatic carbocycles. The molecule has 0 unspecified atom stereocenters. The van der Waals surface area contributed by atoms with Crippen LogP contribution >= 0.6 is 0 Å². The third-order valence-corrected chi connectivity index (χ3v) is 0.615.